The zero-order chi connectivity index (χ0) is 11.4. The molecule has 15 heavy (non-hydrogen) atoms. The van der Waals surface area contributed by atoms with E-state index in [4.69, 9.17) is 10.8 Å². The summed E-state index contributed by atoms with van der Waals surface area (Å²) in [6, 6.07) is 6.32. The van der Waals surface area contributed by atoms with Gasteiger partial charge in [-0.2, -0.15) is 0 Å². The van der Waals surface area contributed by atoms with E-state index in [0.29, 0.717) is 12.6 Å². The van der Waals surface area contributed by atoms with Gasteiger partial charge in [0.25, 0.3) is 0 Å². The largest absolute Gasteiger partial charge is 0.397 e. The standard InChI is InChI=1S/C12H20N2O/c1-9(2)14(7-8-15)11-6-4-5-10(3)12(11)13/h4-6,9,15H,7-8,13H2,1-3H3. The van der Waals surface area contributed by atoms with E-state index in [0.717, 1.165) is 16.9 Å². The van der Waals surface area contributed by atoms with Gasteiger partial charge in [-0.3, -0.25) is 0 Å². The van der Waals surface area contributed by atoms with Crippen LogP contribution in [-0.4, -0.2) is 24.3 Å². The molecule has 0 unspecified atom stereocenters. The summed E-state index contributed by atoms with van der Waals surface area (Å²) in [5, 5.41) is 9.02. The smallest absolute Gasteiger partial charge is 0.0606 e. The lowest BCUT2D eigenvalue weighted by molar-refractivity contribution is 0.299. The van der Waals surface area contributed by atoms with Crippen molar-refractivity contribution in [1.82, 2.24) is 0 Å². The van der Waals surface area contributed by atoms with Gasteiger partial charge in [-0.15, -0.1) is 0 Å². The Labute approximate surface area is 91.5 Å². The van der Waals surface area contributed by atoms with E-state index in [1.165, 1.54) is 0 Å². The normalized spacial score (nSPS) is 10.7. The summed E-state index contributed by atoms with van der Waals surface area (Å²) in [7, 11) is 0. The molecule has 3 heteroatoms. The van der Waals surface area contributed by atoms with Crippen LogP contribution in [-0.2, 0) is 0 Å². The second-order valence-electron chi connectivity index (χ2n) is 4.02. The van der Waals surface area contributed by atoms with Crippen molar-refractivity contribution in [1.29, 1.82) is 0 Å². The molecule has 0 spiro atoms. The predicted molar refractivity (Wildman–Crippen MR) is 65.2 cm³/mol. The Morgan fingerprint density at radius 2 is 2.07 bits per heavy atom. The van der Waals surface area contributed by atoms with Crippen molar-refractivity contribution in [3.05, 3.63) is 23.8 Å². The zero-order valence-electron chi connectivity index (χ0n) is 9.70. The van der Waals surface area contributed by atoms with Crippen LogP contribution in [0.5, 0.6) is 0 Å². The fraction of sp³-hybridized carbons (Fsp3) is 0.500. The lowest BCUT2D eigenvalue weighted by Crippen LogP contribution is -2.34. The quantitative estimate of drug-likeness (QED) is 0.742. The maximum Gasteiger partial charge on any atom is 0.0606 e. The van der Waals surface area contributed by atoms with E-state index in [-0.39, 0.29) is 6.61 Å². The maximum absolute atomic E-state index is 9.02. The maximum atomic E-state index is 9.02. The van der Waals surface area contributed by atoms with Gasteiger partial charge in [0.1, 0.15) is 0 Å². The van der Waals surface area contributed by atoms with Crippen molar-refractivity contribution >= 4 is 11.4 Å². The molecule has 0 bridgehead atoms. The van der Waals surface area contributed by atoms with Crippen LogP contribution in [0.4, 0.5) is 11.4 Å². The van der Waals surface area contributed by atoms with Crippen molar-refractivity contribution in [2.24, 2.45) is 0 Å². The molecule has 1 aromatic carbocycles. The van der Waals surface area contributed by atoms with Gasteiger partial charge in [-0.1, -0.05) is 12.1 Å². The monoisotopic (exact) mass is 208 g/mol. The van der Waals surface area contributed by atoms with Crippen LogP contribution in [0.1, 0.15) is 19.4 Å². The predicted octanol–water partition coefficient (Wildman–Crippen LogP) is 1.78. The number of hydrogen-bond acceptors (Lipinski definition) is 3. The zero-order valence-corrected chi connectivity index (χ0v) is 9.70. The third-order valence-electron chi connectivity index (χ3n) is 2.57. The molecule has 0 aromatic heterocycles. The highest BCUT2D eigenvalue weighted by atomic mass is 16.3. The first-order chi connectivity index (χ1) is 7.07. The average Bonchev–Trinajstić information content (AvgIpc) is 2.19. The second kappa shape index (κ2) is 5.03. The Morgan fingerprint density at radius 1 is 1.40 bits per heavy atom. The molecule has 84 valence electrons. The Kier molecular flexibility index (Phi) is 3.97. The van der Waals surface area contributed by atoms with Crippen LogP contribution in [0.25, 0.3) is 0 Å². The third-order valence-corrected chi connectivity index (χ3v) is 2.57. The number of para-hydroxylation sites is 1. The second-order valence-corrected chi connectivity index (χ2v) is 4.02. The fourth-order valence-electron chi connectivity index (χ4n) is 1.68. The van der Waals surface area contributed by atoms with Crippen LogP contribution in [0.3, 0.4) is 0 Å². The number of rotatable bonds is 4. The number of anilines is 2. The molecule has 0 amide bonds. The van der Waals surface area contributed by atoms with Crippen molar-refractivity contribution in [2.75, 3.05) is 23.8 Å². The Bertz CT molecular complexity index is 323. The molecule has 0 aliphatic carbocycles. The van der Waals surface area contributed by atoms with Gasteiger partial charge >= 0.3 is 0 Å². The van der Waals surface area contributed by atoms with E-state index in [1.54, 1.807) is 0 Å². The molecule has 0 aliphatic heterocycles. The third kappa shape index (κ3) is 2.63. The molecular weight excluding hydrogens is 188 g/mol. The first kappa shape index (κ1) is 11.9. The molecule has 0 saturated carbocycles. The molecule has 3 nitrogen and oxygen atoms in total. The minimum absolute atomic E-state index is 0.144. The van der Waals surface area contributed by atoms with Crippen LogP contribution >= 0.6 is 0 Å². The molecule has 0 radical (unpaired) electrons. The topological polar surface area (TPSA) is 49.5 Å². The molecule has 3 N–H and O–H groups in total. The van der Waals surface area contributed by atoms with E-state index in [1.807, 2.05) is 25.1 Å². The number of nitrogens with zero attached hydrogens (tertiary/aromatic N) is 1. The number of nitrogens with two attached hydrogens (primary N) is 1. The molecular formula is C12H20N2O. The summed E-state index contributed by atoms with van der Waals surface area (Å²) in [5.41, 5.74) is 8.93. The summed E-state index contributed by atoms with van der Waals surface area (Å²) >= 11 is 0. The highest BCUT2D eigenvalue weighted by molar-refractivity contribution is 5.71. The van der Waals surface area contributed by atoms with Gasteiger partial charge < -0.3 is 15.7 Å². The number of aryl methyl sites for hydroxylation is 1. The molecule has 0 fully saturated rings. The van der Waals surface area contributed by atoms with Gasteiger partial charge in [0.15, 0.2) is 0 Å². The minimum Gasteiger partial charge on any atom is -0.397 e. The van der Waals surface area contributed by atoms with Crippen LogP contribution in [0.15, 0.2) is 18.2 Å². The average molecular weight is 208 g/mol. The lowest BCUT2D eigenvalue weighted by Gasteiger charge is -2.29. The van der Waals surface area contributed by atoms with Crippen molar-refractivity contribution < 1.29 is 5.11 Å². The Hall–Kier alpha value is -1.22. The van der Waals surface area contributed by atoms with Gasteiger partial charge in [0, 0.05) is 12.6 Å². The highest BCUT2D eigenvalue weighted by Gasteiger charge is 2.13. The first-order valence-electron chi connectivity index (χ1n) is 5.30. The summed E-state index contributed by atoms with van der Waals surface area (Å²) in [6.45, 7) is 6.95. The molecule has 0 atom stereocenters. The number of aliphatic hydroxyl groups excluding tert-OH is 1. The van der Waals surface area contributed by atoms with Crippen molar-refractivity contribution in [3.63, 3.8) is 0 Å². The van der Waals surface area contributed by atoms with Gasteiger partial charge in [-0.05, 0) is 32.4 Å². The number of benzene rings is 1. The van der Waals surface area contributed by atoms with Gasteiger partial charge in [0.05, 0.1) is 18.0 Å². The van der Waals surface area contributed by atoms with Crippen LogP contribution < -0.4 is 10.6 Å². The SMILES string of the molecule is Cc1cccc(N(CCO)C(C)C)c1N. The van der Waals surface area contributed by atoms with E-state index in [2.05, 4.69) is 18.7 Å². The van der Waals surface area contributed by atoms with Crippen molar-refractivity contribution in [3.8, 4) is 0 Å². The number of nitrogen functional groups attached to an aromatic ring is 1. The van der Waals surface area contributed by atoms with Crippen LogP contribution in [0.2, 0.25) is 0 Å². The van der Waals surface area contributed by atoms with E-state index >= 15 is 0 Å². The molecule has 1 aromatic rings. The highest BCUT2D eigenvalue weighted by Crippen LogP contribution is 2.27. The summed E-state index contributed by atoms with van der Waals surface area (Å²) in [6.07, 6.45) is 0. The van der Waals surface area contributed by atoms with E-state index < -0.39 is 0 Å². The Morgan fingerprint density at radius 3 is 2.60 bits per heavy atom. The molecule has 1 rings (SSSR count). The first-order valence-corrected chi connectivity index (χ1v) is 5.30. The molecule has 0 aliphatic rings. The van der Waals surface area contributed by atoms with Gasteiger partial charge in [-0.25, -0.2) is 0 Å². The summed E-state index contributed by atoms with van der Waals surface area (Å²) in [5.74, 6) is 0. The van der Waals surface area contributed by atoms with Gasteiger partial charge in [0.2, 0.25) is 0 Å². The molecule has 0 heterocycles. The number of hydrogen-bond donors (Lipinski definition) is 2. The van der Waals surface area contributed by atoms with E-state index in [9.17, 15) is 0 Å². The summed E-state index contributed by atoms with van der Waals surface area (Å²) < 4.78 is 0. The van der Waals surface area contributed by atoms with Crippen molar-refractivity contribution in [2.45, 2.75) is 26.8 Å². The molecule has 0 saturated heterocycles. The summed E-state index contributed by atoms with van der Waals surface area (Å²) in [4.78, 5) is 2.11. The van der Waals surface area contributed by atoms with Crippen LogP contribution in [0, 0.1) is 6.92 Å². The Balaban J connectivity index is 3.05. The lowest BCUT2D eigenvalue weighted by atomic mass is 10.1. The minimum atomic E-state index is 0.144. The fourth-order valence-corrected chi connectivity index (χ4v) is 1.68. The number of aliphatic hydroxyl groups is 1.